The van der Waals surface area contributed by atoms with E-state index >= 15 is 0 Å². The van der Waals surface area contributed by atoms with Crippen LogP contribution in [-0.2, 0) is 14.2 Å². The normalized spacial score (nSPS) is 9.00. The first-order chi connectivity index (χ1) is 9.03. The molecule has 0 unspecified atom stereocenters. The molecule has 108 valence electrons. The molecule has 0 aromatic carbocycles. The highest BCUT2D eigenvalue weighted by molar-refractivity contribution is 6.04. The van der Waals surface area contributed by atoms with E-state index in [4.69, 9.17) is 0 Å². The summed E-state index contributed by atoms with van der Waals surface area (Å²) in [5.41, 5.74) is 0. The van der Waals surface area contributed by atoms with Gasteiger partial charge in [-0.15, -0.1) is 4.99 Å². The van der Waals surface area contributed by atoms with Gasteiger partial charge < -0.3 is 14.2 Å². The zero-order chi connectivity index (χ0) is 14.7. The lowest BCUT2D eigenvalue weighted by molar-refractivity contribution is 0.154. The van der Waals surface area contributed by atoms with Gasteiger partial charge >= 0.3 is 18.3 Å². The van der Waals surface area contributed by atoms with Gasteiger partial charge in [0, 0.05) is 0 Å². The Morgan fingerprint density at radius 3 is 1.63 bits per heavy atom. The summed E-state index contributed by atoms with van der Waals surface area (Å²) in [6, 6.07) is 0. The third-order valence-electron chi connectivity index (χ3n) is 1.46. The molecule has 0 bridgehead atoms. The van der Waals surface area contributed by atoms with Crippen LogP contribution >= 0.6 is 0 Å². The largest absolute Gasteiger partial charge is 0.450 e. The number of ether oxygens (including phenoxy) is 3. The van der Waals surface area contributed by atoms with Crippen LogP contribution < -0.4 is 10.6 Å². The van der Waals surface area contributed by atoms with Crippen molar-refractivity contribution in [2.24, 2.45) is 4.99 Å². The van der Waals surface area contributed by atoms with Crippen LogP contribution in [0.25, 0.3) is 0 Å². The number of alkyl carbamates (subject to hydrolysis) is 2. The molecule has 0 saturated carbocycles. The van der Waals surface area contributed by atoms with Crippen LogP contribution in [0.4, 0.5) is 14.4 Å². The number of hydrogen-bond acceptors (Lipinski definition) is 6. The molecule has 0 aliphatic heterocycles. The number of carbonyl (C=O) groups excluding carboxylic acids is 3. The van der Waals surface area contributed by atoms with Crippen molar-refractivity contribution in [3.05, 3.63) is 0 Å². The first-order valence-electron chi connectivity index (χ1n) is 5.66. The predicted molar refractivity (Wildman–Crippen MR) is 64.8 cm³/mol. The van der Waals surface area contributed by atoms with E-state index in [1.54, 1.807) is 20.8 Å². The van der Waals surface area contributed by atoms with Crippen molar-refractivity contribution in [1.82, 2.24) is 10.6 Å². The quantitative estimate of drug-likeness (QED) is 0.451. The van der Waals surface area contributed by atoms with Crippen LogP contribution in [0.5, 0.6) is 0 Å². The minimum Gasteiger partial charge on any atom is -0.450 e. The van der Waals surface area contributed by atoms with Crippen molar-refractivity contribution in [3.8, 4) is 0 Å². The zero-order valence-corrected chi connectivity index (χ0v) is 11.0. The highest BCUT2D eigenvalue weighted by Gasteiger charge is 2.13. The van der Waals surface area contributed by atoms with E-state index in [0.29, 0.717) is 0 Å². The van der Waals surface area contributed by atoms with Gasteiger partial charge in [-0.3, -0.25) is 10.6 Å². The molecule has 0 rings (SSSR count). The smallest absolute Gasteiger partial charge is 0.436 e. The van der Waals surface area contributed by atoms with Gasteiger partial charge in [-0.25, -0.2) is 14.4 Å². The maximum Gasteiger partial charge on any atom is 0.436 e. The molecule has 0 aromatic heterocycles. The van der Waals surface area contributed by atoms with Crippen molar-refractivity contribution < 1.29 is 28.6 Å². The molecule has 3 amide bonds. The Bertz CT molecular complexity index is 333. The van der Waals surface area contributed by atoms with Gasteiger partial charge in [0.05, 0.1) is 19.8 Å². The average Bonchev–Trinajstić information content (AvgIpc) is 2.29. The average molecular weight is 275 g/mol. The van der Waals surface area contributed by atoms with E-state index in [1.165, 1.54) is 0 Å². The number of nitrogens with zero attached hydrogens (tertiary/aromatic N) is 1. The van der Waals surface area contributed by atoms with Crippen molar-refractivity contribution in [3.63, 3.8) is 0 Å². The molecule has 2 N–H and O–H groups in total. The molecule has 0 aromatic rings. The van der Waals surface area contributed by atoms with Gasteiger partial charge in [-0.2, -0.15) is 0 Å². The van der Waals surface area contributed by atoms with Crippen LogP contribution in [0.2, 0.25) is 0 Å². The molecule has 0 aliphatic rings. The maximum atomic E-state index is 11.2. The van der Waals surface area contributed by atoms with Crippen molar-refractivity contribution >= 4 is 24.2 Å². The van der Waals surface area contributed by atoms with Crippen molar-refractivity contribution in [1.29, 1.82) is 0 Å². The van der Waals surface area contributed by atoms with Crippen molar-refractivity contribution in [2.75, 3.05) is 19.8 Å². The Hall–Kier alpha value is -2.32. The fourth-order valence-corrected chi connectivity index (χ4v) is 0.862. The predicted octanol–water partition coefficient (Wildman–Crippen LogP) is 0.991. The molecule has 9 heteroatoms. The van der Waals surface area contributed by atoms with Gasteiger partial charge in [0.2, 0.25) is 5.96 Å². The number of aliphatic imine (C=N–C) groups is 1. The van der Waals surface area contributed by atoms with Crippen LogP contribution in [0, 0.1) is 0 Å². The summed E-state index contributed by atoms with van der Waals surface area (Å²) >= 11 is 0. The lowest BCUT2D eigenvalue weighted by Gasteiger charge is -2.09. The van der Waals surface area contributed by atoms with Gasteiger partial charge in [0.25, 0.3) is 0 Å². The second-order valence-corrected chi connectivity index (χ2v) is 2.85. The van der Waals surface area contributed by atoms with Gasteiger partial charge in [0.1, 0.15) is 0 Å². The number of amides is 3. The molecule has 0 atom stereocenters. The van der Waals surface area contributed by atoms with E-state index in [9.17, 15) is 14.4 Å². The molecule has 0 aliphatic carbocycles. The van der Waals surface area contributed by atoms with Gasteiger partial charge in [-0.05, 0) is 20.8 Å². The standard InChI is InChI=1S/C10H17N3O6/c1-4-17-8(14)11-7(12-9(15)18-5-2)13-10(16)19-6-3/h4-6H2,1-3H3,(H2,11,12,13,14,15,16). The number of hydrogen-bond donors (Lipinski definition) is 2. The minimum absolute atomic E-state index is 0.106. The lowest BCUT2D eigenvalue weighted by Crippen LogP contribution is -2.44. The Morgan fingerprint density at radius 2 is 1.26 bits per heavy atom. The fourth-order valence-electron chi connectivity index (χ4n) is 0.862. The van der Waals surface area contributed by atoms with E-state index < -0.39 is 24.2 Å². The number of guanidine groups is 1. The zero-order valence-electron chi connectivity index (χ0n) is 11.0. The minimum atomic E-state index is -0.967. The molecular formula is C10H17N3O6. The summed E-state index contributed by atoms with van der Waals surface area (Å²) in [6.07, 6.45) is -2.71. The van der Waals surface area contributed by atoms with Crippen LogP contribution in [0.15, 0.2) is 4.99 Å². The topological polar surface area (TPSA) is 115 Å². The Labute approximate surface area is 110 Å². The monoisotopic (exact) mass is 275 g/mol. The Balaban J connectivity index is 4.67. The third-order valence-corrected chi connectivity index (χ3v) is 1.46. The summed E-state index contributed by atoms with van der Waals surface area (Å²) in [5.74, 6) is -0.435. The fraction of sp³-hybridized carbons (Fsp3) is 0.600. The van der Waals surface area contributed by atoms with E-state index in [0.717, 1.165) is 0 Å². The van der Waals surface area contributed by atoms with Crippen LogP contribution in [-0.4, -0.2) is 44.1 Å². The maximum absolute atomic E-state index is 11.2. The summed E-state index contributed by atoms with van der Waals surface area (Å²) in [6.45, 7) is 5.13. The number of nitrogens with one attached hydrogen (secondary N) is 2. The summed E-state index contributed by atoms with van der Waals surface area (Å²) in [7, 11) is 0. The molecule has 0 fully saturated rings. The summed E-state index contributed by atoms with van der Waals surface area (Å²) in [4.78, 5) is 36.8. The second-order valence-electron chi connectivity index (χ2n) is 2.85. The molecule has 9 nitrogen and oxygen atoms in total. The molecule has 19 heavy (non-hydrogen) atoms. The summed E-state index contributed by atoms with van der Waals surface area (Å²) < 4.78 is 13.7. The first-order valence-corrected chi connectivity index (χ1v) is 5.66. The second kappa shape index (κ2) is 9.68. The molecule has 0 spiro atoms. The highest BCUT2D eigenvalue weighted by Crippen LogP contribution is 1.86. The molecular weight excluding hydrogens is 258 g/mol. The number of rotatable bonds is 3. The summed E-state index contributed by atoms with van der Waals surface area (Å²) in [5, 5.41) is 4.15. The van der Waals surface area contributed by atoms with Crippen LogP contribution in [0.3, 0.4) is 0 Å². The van der Waals surface area contributed by atoms with E-state index in [2.05, 4.69) is 29.8 Å². The van der Waals surface area contributed by atoms with Crippen LogP contribution in [0.1, 0.15) is 20.8 Å². The first kappa shape index (κ1) is 16.7. The van der Waals surface area contributed by atoms with E-state index in [1.807, 2.05) is 0 Å². The SMILES string of the molecule is CCOC(=O)N=C(NC(=O)OCC)NC(=O)OCC. The van der Waals surface area contributed by atoms with E-state index in [-0.39, 0.29) is 19.8 Å². The molecule has 0 saturated heterocycles. The van der Waals surface area contributed by atoms with Gasteiger partial charge in [-0.1, -0.05) is 0 Å². The number of carbonyl (C=O) groups is 3. The highest BCUT2D eigenvalue weighted by atomic mass is 16.6. The van der Waals surface area contributed by atoms with Crippen molar-refractivity contribution in [2.45, 2.75) is 20.8 Å². The Kier molecular flexibility index (Phi) is 8.50. The van der Waals surface area contributed by atoms with Gasteiger partial charge in [0.15, 0.2) is 0 Å². The lowest BCUT2D eigenvalue weighted by atomic mass is 10.8. The Morgan fingerprint density at radius 1 is 0.842 bits per heavy atom. The third kappa shape index (κ3) is 8.41. The molecule has 0 radical (unpaired) electrons. The molecule has 0 heterocycles.